The lowest BCUT2D eigenvalue weighted by Gasteiger charge is -2.23. The van der Waals surface area contributed by atoms with Crippen molar-refractivity contribution in [2.75, 3.05) is 7.11 Å². The smallest absolute Gasteiger partial charge is 0.333 e. The van der Waals surface area contributed by atoms with Crippen LogP contribution in [0.4, 0.5) is 0 Å². The van der Waals surface area contributed by atoms with Crippen molar-refractivity contribution in [3.63, 3.8) is 0 Å². The highest BCUT2D eigenvalue weighted by atomic mass is 16.5. The number of aromatic nitrogens is 2. The van der Waals surface area contributed by atoms with Crippen molar-refractivity contribution in [2.45, 2.75) is 46.7 Å². The van der Waals surface area contributed by atoms with E-state index in [0.717, 1.165) is 28.1 Å². The monoisotopic (exact) mass is 343 g/mol. The molecule has 1 N–H and O–H groups in total. The van der Waals surface area contributed by atoms with Crippen LogP contribution in [0.25, 0.3) is 0 Å². The first-order chi connectivity index (χ1) is 11.8. The molecule has 2 rings (SSSR count). The molecule has 1 heterocycles. The van der Waals surface area contributed by atoms with Crippen LogP contribution in [0.1, 0.15) is 47.1 Å². The number of hydrogen-bond donors (Lipinski definition) is 1. The highest BCUT2D eigenvalue weighted by Crippen LogP contribution is 2.24. The fourth-order valence-electron chi connectivity index (χ4n) is 3.06. The number of amides is 1. The van der Waals surface area contributed by atoms with E-state index in [1.165, 1.54) is 7.11 Å². The lowest BCUT2D eigenvalue weighted by molar-refractivity contribution is -0.145. The second-order valence-corrected chi connectivity index (χ2v) is 6.32. The van der Waals surface area contributed by atoms with Gasteiger partial charge in [0.05, 0.1) is 12.8 Å². The average molecular weight is 343 g/mol. The fraction of sp³-hybridized carbons (Fsp3) is 0.421. The molecule has 1 aromatic heterocycles. The van der Waals surface area contributed by atoms with E-state index in [4.69, 9.17) is 4.74 Å². The number of aryl methyl sites for hydroxylation is 4. The summed E-state index contributed by atoms with van der Waals surface area (Å²) in [5, 5.41) is 7.18. The zero-order valence-electron chi connectivity index (χ0n) is 15.6. The minimum Gasteiger partial charge on any atom is -0.467 e. The van der Waals surface area contributed by atoms with E-state index in [2.05, 4.69) is 10.4 Å². The van der Waals surface area contributed by atoms with Crippen LogP contribution < -0.4 is 5.32 Å². The molecule has 134 valence electrons. The molecule has 0 aliphatic carbocycles. The number of carbonyl (C=O) groups is 2. The minimum atomic E-state index is -0.849. The number of benzene rings is 1. The Bertz CT molecular complexity index is 775. The number of ether oxygens (including phenoxy) is 1. The molecule has 0 saturated carbocycles. The molecular weight excluding hydrogens is 318 g/mol. The molecule has 0 radical (unpaired) electrons. The molecule has 25 heavy (non-hydrogen) atoms. The van der Waals surface area contributed by atoms with Crippen molar-refractivity contribution < 1.29 is 14.3 Å². The van der Waals surface area contributed by atoms with Gasteiger partial charge in [-0.3, -0.25) is 9.48 Å². The third-order valence-electron chi connectivity index (χ3n) is 4.35. The maximum atomic E-state index is 12.8. The van der Waals surface area contributed by atoms with Gasteiger partial charge < -0.3 is 10.1 Å². The summed E-state index contributed by atoms with van der Waals surface area (Å²) in [5.41, 5.74) is 4.35. The van der Waals surface area contributed by atoms with Crippen LogP contribution in [-0.4, -0.2) is 28.8 Å². The maximum Gasteiger partial charge on any atom is 0.333 e. The Morgan fingerprint density at radius 1 is 1.16 bits per heavy atom. The SMILES string of the molecule is COC(=O)[C@H](NC(=O)[C@@H](C)n1nc(C)cc1C)c1c(C)cccc1C. The van der Waals surface area contributed by atoms with Gasteiger partial charge in [-0.25, -0.2) is 4.79 Å². The number of methoxy groups -OCH3 is 1. The number of rotatable bonds is 5. The topological polar surface area (TPSA) is 73.2 Å². The molecular formula is C19H25N3O3. The van der Waals surface area contributed by atoms with Crippen molar-refractivity contribution in [1.29, 1.82) is 0 Å². The summed E-state index contributed by atoms with van der Waals surface area (Å²) in [4.78, 5) is 25.1. The first-order valence-electron chi connectivity index (χ1n) is 8.23. The molecule has 0 aliphatic heterocycles. The summed E-state index contributed by atoms with van der Waals surface area (Å²) in [6, 6.07) is 6.27. The van der Waals surface area contributed by atoms with Crippen LogP contribution in [0.15, 0.2) is 24.3 Å². The summed E-state index contributed by atoms with van der Waals surface area (Å²) < 4.78 is 6.57. The van der Waals surface area contributed by atoms with Gasteiger partial charge in [-0.1, -0.05) is 18.2 Å². The molecule has 0 spiro atoms. The van der Waals surface area contributed by atoms with Gasteiger partial charge in [0, 0.05) is 5.69 Å². The molecule has 1 amide bonds. The Morgan fingerprint density at radius 2 is 1.76 bits per heavy atom. The lowest BCUT2D eigenvalue weighted by atomic mass is 9.96. The van der Waals surface area contributed by atoms with E-state index in [0.29, 0.717) is 0 Å². The van der Waals surface area contributed by atoms with Gasteiger partial charge in [-0.2, -0.15) is 5.10 Å². The third kappa shape index (κ3) is 3.90. The normalized spacial score (nSPS) is 13.2. The summed E-state index contributed by atoms with van der Waals surface area (Å²) >= 11 is 0. The van der Waals surface area contributed by atoms with Gasteiger partial charge in [-0.05, 0) is 57.4 Å². The van der Waals surface area contributed by atoms with Crippen LogP contribution in [0.3, 0.4) is 0 Å². The van der Waals surface area contributed by atoms with Crippen molar-refractivity contribution in [1.82, 2.24) is 15.1 Å². The van der Waals surface area contributed by atoms with E-state index in [-0.39, 0.29) is 5.91 Å². The Labute approximate surface area is 148 Å². The number of hydrogen-bond acceptors (Lipinski definition) is 4. The summed E-state index contributed by atoms with van der Waals surface area (Å²) in [7, 11) is 1.32. The Morgan fingerprint density at radius 3 is 2.24 bits per heavy atom. The predicted molar refractivity (Wildman–Crippen MR) is 95.2 cm³/mol. The molecule has 0 bridgehead atoms. The molecule has 0 saturated heterocycles. The van der Waals surface area contributed by atoms with Crippen molar-refractivity contribution >= 4 is 11.9 Å². The van der Waals surface area contributed by atoms with Crippen LogP contribution in [0.5, 0.6) is 0 Å². The van der Waals surface area contributed by atoms with Gasteiger partial charge in [-0.15, -0.1) is 0 Å². The second-order valence-electron chi connectivity index (χ2n) is 6.32. The predicted octanol–water partition coefficient (Wildman–Crippen LogP) is 2.71. The largest absolute Gasteiger partial charge is 0.467 e. The molecule has 0 aliphatic rings. The summed E-state index contributed by atoms with van der Waals surface area (Å²) in [5.74, 6) is -0.782. The van der Waals surface area contributed by atoms with Gasteiger partial charge in [0.2, 0.25) is 5.91 Å². The van der Waals surface area contributed by atoms with Crippen LogP contribution >= 0.6 is 0 Å². The molecule has 2 atom stereocenters. The van der Waals surface area contributed by atoms with Crippen molar-refractivity contribution in [3.8, 4) is 0 Å². The molecule has 6 heteroatoms. The van der Waals surface area contributed by atoms with Crippen LogP contribution in [0, 0.1) is 27.7 Å². The van der Waals surface area contributed by atoms with E-state index >= 15 is 0 Å². The standard InChI is InChI=1S/C19H25N3O3/c1-11-8-7-9-12(2)16(11)17(19(24)25-6)20-18(23)15(5)22-14(4)10-13(3)21-22/h7-10,15,17H,1-6H3,(H,20,23)/t15-,17-/m1/s1. The van der Waals surface area contributed by atoms with Gasteiger partial charge in [0.15, 0.2) is 6.04 Å². The first-order valence-corrected chi connectivity index (χ1v) is 8.23. The van der Waals surface area contributed by atoms with E-state index in [1.54, 1.807) is 11.6 Å². The van der Waals surface area contributed by atoms with Gasteiger partial charge >= 0.3 is 5.97 Å². The molecule has 1 aromatic carbocycles. The molecule has 6 nitrogen and oxygen atoms in total. The third-order valence-corrected chi connectivity index (χ3v) is 4.35. The highest BCUT2D eigenvalue weighted by molar-refractivity contribution is 5.87. The Balaban J connectivity index is 2.33. The molecule has 0 fully saturated rings. The zero-order valence-corrected chi connectivity index (χ0v) is 15.6. The van der Waals surface area contributed by atoms with Crippen LogP contribution in [-0.2, 0) is 14.3 Å². The molecule has 2 aromatic rings. The average Bonchev–Trinajstić information content (AvgIpc) is 2.90. The first kappa shape index (κ1) is 18.7. The Hall–Kier alpha value is -2.63. The molecule has 0 unspecified atom stereocenters. The number of nitrogens with zero attached hydrogens (tertiary/aromatic N) is 2. The minimum absolute atomic E-state index is 0.288. The van der Waals surface area contributed by atoms with Crippen molar-refractivity contribution in [2.24, 2.45) is 0 Å². The zero-order chi connectivity index (χ0) is 18.7. The highest BCUT2D eigenvalue weighted by Gasteiger charge is 2.29. The summed E-state index contributed by atoms with van der Waals surface area (Å²) in [6.45, 7) is 9.35. The van der Waals surface area contributed by atoms with E-state index in [1.807, 2.05) is 52.0 Å². The number of carbonyl (C=O) groups excluding carboxylic acids is 2. The summed E-state index contributed by atoms with van der Waals surface area (Å²) in [6.07, 6.45) is 0. The van der Waals surface area contributed by atoms with Gasteiger partial charge in [0.25, 0.3) is 0 Å². The number of esters is 1. The quantitative estimate of drug-likeness (QED) is 0.847. The van der Waals surface area contributed by atoms with Crippen molar-refractivity contribution in [3.05, 3.63) is 52.3 Å². The van der Waals surface area contributed by atoms with Crippen LogP contribution in [0.2, 0.25) is 0 Å². The van der Waals surface area contributed by atoms with E-state index in [9.17, 15) is 9.59 Å². The maximum absolute atomic E-state index is 12.8. The van der Waals surface area contributed by atoms with Gasteiger partial charge in [0.1, 0.15) is 6.04 Å². The van der Waals surface area contributed by atoms with E-state index < -0.39 is 18.1 Å². The number of nitrogens with one attached hydrogen (secondary N) is 1. The fourth-order valence-corrected chi connectivity index (χ4v) is 3.06. The lowest BCUT2D eigenvalue weighted by Crippen LogP contribution is -2.39. The second kappa shape index (κ2) is 7.51. The Kier molecular flexibility index (Phi) is 5.62.